The number of piperidine rings is 1. The van der Waals surface area contributed by atoms with E-state index < -0.39 is 6.10 Å². The first-order valence-electron chi connectivity index (χ1n) is 8.50. The maximum absolute atomic E-state index is 12.8. The third-order valence-electron chi connectivity index (χ3n) is 4.95. The lowest BCUT2D eigenvalue weighted by Gasteiger charge is -2.36. The molecule has 2 atom stereocenters. The monoisotopic (exact) mass is 355 g/mol. The topological polar surface area (TPSA) is 69.2 Å². The van der Waals surface area contributed by atoms with Crippen LogP contribution in [0.5, 0.6) is 0 Å². The Hall–Kier alpha value is -2.18. The highest BCUT2D eigenvalue weighted by molar-refractivity contribution is 7.10. The number of nitrogens with zero attached hydrogens (tertiary/aromatic N) is 2. The van der Waals surface area contributed by atoms with Gasteiger partial charge >= 0.3 is 0 Å². The van der Waals surface area contributed by atoms with E-state index in [0.717, 1.165) is 23.3 Å². The summed E-state index contributed by atoms with van der Waals surface area (Å²) in [5.41, 5.74) is 3.59. The van der Waals surface area contributed by atoms with E-state index in [1.54, 1.807) is 16.2 Å². The highest BCUT2D eigenvalue weighted by atomic mass is 32.1. The molecular formula is C19H21N3O2S. The molecule has 1 saturated heterocycles. The molecule has 0 bridgehead atoms. The van der Waals surface area contributed by atoms with Crippen molar-refractivity contribution in [1.82, 2.24) is 14.9 Å². The van der Waals surface area contributed by atoms with Crippen LogP contribution in [0, 0.1) is 13.8 Å². The lowest BCUT2D eigenvalue weighted by molar-refractivity contribution is 0.0387. The normalized spacial score (nSPS) is 21.0. The number of likely N-dealkylation sites (tertiary alicyclic amines) is 1. The summed E-state index contributed by atoms with van der Waals surface area (Å²) in [4.78, 5) is 23.4. The Kier molecular flexibility index (Phi) is 4.09. The van der Waals surface area contributed by atoms with Crippen molar-refractivity contribution in [3.05, 3.63) is 51.5 Å². The summed E-state index contributed by atoms with van der Waals surface area (Å²) in [6.07, 6.45) is 0.271. The second kappa shape index (κ2) is 6.28. The third-order valence-corrected chi connectivity index (χ3v) is 6.11. The van der Waals surface area contributed by atoms with Crippen LogP contribution in [-0.2, 0) is 0 Å². The molecule has 0 radical (unpaired) electrons. The number of aryl methyl sites for hydroxylation is 2. The van der Waals surface area contributed by atoms with Crippen LogP contribution in [-0.4, -0.2) is 45.1 Å². The second-order valence-electron chi connectivity index (χ2n) is 6.74. The number of fused-ring (bicyclic) bond motifs is 1. The highest BCUT2D eigenvalue weighted by Crippen LogP contribution is 2.34. The molecule has 1 aromatic carbocycles. The summed E-state index contributed by atoms with van der Waals surface area (Å²) in [6, 6.07) is 7.61. The molecule has 6 heteroatoms. The fraction of sp³-hybridized carbons (Fsp3) is 0.368. The van der Waals surface area contributed by atoms with Crippen LogP contribution >= 0.6 is 11.3 Å². The Bertz CT molecular complexity index is 930. The van der Waals surface area contributed by atoms with E-state index >= 15 is 0 Å². The Morgan fingerprint density at radius 1 is 1.36 bits per heavy atom. The molecule has 0 unspecified atom stereocenters. The molecule has 1 aliphatic rings. The van der Waals surface area contributed by atoms with E-state index in [1.807, 2.05) is 25.1 Å². The molecule has 1 amide bonds. The highest BCUT2D eigenvalue weighted by Gasteiger charge is 2.32. The maximum Gasteiger partial charge on any atom is 0.254 e. The molecule has 3 heterocycles. The number of aromatic nitrogens is 2. The third kappa shape index (κ3) is 2.96. The molecule has 1 aliphatic heterocycles. The van der Waals surface area contributed by atoms with E-state index in [2.05, 4.69) is 28.3 Å². The smallest absolute Gasteiger partial charge is 0.254 e. The van der Waals surface area contributed by atoms with Crippen molar-refractivity contribution in [2.45, 2.75) is 32.3 Å². The fourth-order valence-electron chi connectivity index (χ4n) is 3.64. The molecule has 2 aromatic heterocycles. The standard InChI is InChI=1S/C19H21N3O2S/c1-11-6-8-25-18(11)14-5-7-22(10-17(14)23)19(24)13-3-4-15-16(9-13)21-12(2)20-15/h3-4,6,8-9,14,17,23H,5,7,10H2,1-2H3,(H,20,21)/t14-,17-/m1/s1. The summed E-state index contributed by atoms with van der Waals surface area (Å²) in [5, 5.41) is 12.7. The minimum Gasteiger partial charge on any atom is -0.391 e. The number of thiophene rings is 1. The number of carbonyl (C=O) groups is 1. The van der Waals surface area contributed by atoms with Gasteiger partial charge in [0.15, 0.2) is 0 Å². The van der Waals surface area contributed by atoms with Crippen LogP contribution in [0.25, 0.3) is 11.0 Å². The van der Waals surface area contributed by atoms with Gasteiger partial charge in [0.25, 0.3) is 5.91 Å². The number of hydrogen-bond donors (Lipinski definition) is 2. The Morgan fingerprint density at radius 3 is 2.92 bits per heavy atom. The van der Waals surface area contributed by atoms with Crippen LogP contribution in [0.1, 0.15) is 39.0 Å². The molecular weight excluding hydrogens is 334 g/mol. The molecule has 5 nitrogen and oxygen atoms in total. The predicted octanol–water partition coefficient (Wildman–Crippen LogP) is 3.23. The molecule has 4 rings (SSSR count). The first kappa shape index (κ1) is 16.3. The number of imidazole rings is 1. The summed E-state index contributed by atoms with van der Waals surface area (Å²) >= 11 is 1.70. The van der Waals surface area contributed by atoms with Gasteiger partial charge in [0, 0.05) is 29.4 Å². The second-order valence-corrected chi connectivity index (χ2v) is 7.68. The molecule has 1 fully saturated rings. The van der Waals surface area contributed by atoms with Crippen molar-refractivity contribution >= 4 is 28.3 Å². The van der Waals surface area contributed by atoms with Gasteiger partial charge in [-0.05, 0) is 55.5 Å². The van der Waals surface area contributed by atoms with Crippen molar-refractivity contribution < 1.29 is 9.90 Å². The van der Waals surface area contributed by atoms with Crippen molar-refractivity contribution in [2.24, 2.45) is 0 Å². The first-order chi connectivity index (χ1) is 12.0. The zero-order chi connectivity index (χ0) is 17.6. The quantitative estimate of drug-likeness (QED) is 0.741. The van der Waals surface area contributed by atoms with E-state index in [0.29, 0.717) is 18.7 Å². The Balaban J connectivity index is 1.52. The van der Waals surface area contributed by atoms with Gasteiger partial charge in [-0.3, -0.25) is 4.79 Å². The summed E-state index contributed by atoms with van der Waals surface area (Å²) < 4.78 is 0. The zero-order valence-corrected chi connectivity index (χ0v) is 15.1. The van der Waals surface area contributed by atoms with Crippen LogP contribution in [0.2, 0.25) is 0 Å². The van der Waals surface area contributed by atoms with Crippen molar-refractivity contribution in [3.8, 4) is 0 Å². The lowest BCUT2D eigenvalue weighted by atomic mass is 9.90. The van der Waals surface area contributed by atoms with Gasteiger partial charge in [-0.15, -0.1) is 11.3 Å². The molecule has 0 spiro atoms. The first-order valence-corrected chi connectivity index (χ1v) is 9.38. The molecule has 130 valence electrons. The van der Waals surface area contributed by atoms with Gasteiger partial charge in [0.05, 0.1) is 17.1 Å². The predicted molar refractivity (Wildman–Crippen MR) is 99.2 cm³/mol. The van der Waals surface area contributed by atoms with Gasteiger partial charge in [0.1, 0.15) is 5.82 Å². The maximum atomic E-state index is 12.8. The van der Waals surface area contributed by atoms with Gasteiger partial charge in [0.2, 0.25) is 0 Å². The summed E-state index contributed by atoms with van der Waals surface area (Å²) in [5.74, 6) is 0.929. The number of β-amino-alcohol motifs (C(OH)–C–C–N with tert-alkyl or cyclic N) is 1. The molecule has 2 N–H and O–H groups in total. The summed E-state index contributed by atoms with van der Waals surface area (Å²) in [6.45, 7) is 5.02. The number of aliphatic hydroxyl groups excluding tert-OH is 1. The number of benzene rings is 1. The number of H-pyrrole nitrogens is 1. The van der Waals surface area contributed by atoms with Gasteiger partial charge in [-0.1, -0.05) is 0 Å². The van der Waals surface area contributed by atoms with E-state index in [4.69, 9.17) is 0 Å². The molecule has 0 aliphatic carbocycles. The molecule has 0 saturated carbocycles. The van der Waals surface area contributed by atoms with Gasteiger partial charge in [-0.2, -0.15) is 0 Å². The van der Waals surface area contributed by atoms with Crippen LogP contribution < -0.4 is 0 Å². The molecule has 25 heavy (non-hydrogen) atoms. The molecule has 3 aromatic rings. The van der Waals surface area contributed by atoms with Crippen molar-refractivity contribution in [3.63, 3.8) is 0 Å². The fourth-order valence-corrected chi connectivity index (χ4v) is 4.76. The number of aliphatic hydroxyl groups is 1. The van der Waals surface area contributed by atoms with Gasteiger partial charge < -0.3 is 15.0 Å². The number of hydrogen-bond acceptors (Lipinski definition) is 4. The van der Waals surface area contributed by atoms with Crippen LogP contribution in [0.4, 0.5) is 0 Å². The number of nitrogens with one attached hydrogen (secondary N) is 1. The number of amides is 1. The Labute approximate surface area is 150 Å². The van der Waals surface area contributed by atoms with Crippen LogP contribution in [0.3, 0.4) is 0 Å². The minimum absolute atomic E-state index is 0.0328. The summed E-state index contributed by atoms with van der Waals surface area (Å²) in [7, 11) is 0. The zero-order valence-electron chi connectivity index (χ0n) is 14.3. The van der Waals surface area contributed by atoms with Crippen molar-refractivity contribution in [1.29, 1.82) is 0 Å². The Morgan fingerprint density at radius 2 is 2.20 bits per heavy atom. The van der Waals surface area contributed by atoms with Crippen molar-refractivity contribution in [2.75, 3.05) is 13.1 Å². The average molecular weight is 355 g/mol. The average Bonchev–Trinajstić information content (AvgIpc) is 3.17. The number of rotatable bonds is 2. The number of aromatic amines is 1. The largest absolute Gasteiger partial charge is 0.391 e. The lowest BCUT2D eigenvalue weighted by Crippen LogP contribution is -2.45. The van der Waals surface area contributed by atoms with E-state index in [9.17, 15) is 9.90 Å². The van der Waals surface area contributed by atoms with Crippen LogP contribution in [0.15, 0.2) is 29.6 Å². The minimum atomic E-state index is -0.520. The van der Waals surface area contributed by atoms with Gasteiger partial charge in [-0.25, -0.2) is 4.98 Å². The van der Waals surface area contributed by atoms with E-state index in [1.165, 1.54) is 10.4 Å². The van der Waals surface area contributed by atoms with E-state index in [-0.39, 0.29) is 11.8 Å². The SMILES string of the molecule is Cc1nc2ccc(C(=O)N3CC[C@@H](c4sccc4C)[C@H](O)C3)cc2[nH]1. The number of carbonyl (C=O) groups excluding carboxylic acids is 1.